The van der Waals surface area contributed by atoms with Crippen LogP contribution in [0.3, 0.4) is 0 Å². The van der Waals surface area contributed by atoms with Gasteiger partial charge in [0.1, 0.15) is 11.6 Å². The summed E-state index contributed by atoms with van der Waals surface area (Å²) >= 11 is 1.52. The van der Waals surface area contributed by atoms with Crippen LogP contribution in [-0.2, 0) is 6.54 Å². The number of rotatable bonds is 5. The number of thiophene rings is 1. The van der Waals surface area contributed by atoms with Crippen molar-refractivity contribution in [3.63, 3.8) is 0 Å². The molecule has 0 saturated heterocycles. The second-order valence-electron chi connectivity index (χ2n) is 6.17. The number of hydrogen-bond donors (Lipinski definition) is 1. The molecule has 0 radical (unpaired) electrons. The topological polar surface area (TPSA) is 73.0 Å². The average Bonchev–Trinajstić information content (AvgIpc) is 3.37. The lowest BCUT2D eigenvalue weighted by Gasteiger charge is -2.08. The van der Waals surface area contributed by atoms with Gasteiger partial charge in [0.2, 0.25) is 5.89 Å². The highest BCUT2D eigenvalue weighted by atomic mass is 32.1. The second kappa shape index (κ2) is 7.20. The molecule has 0 atom stereocenters. The molecule has 4 rings (SSSR count). The Labute approximate surface area is 160 Å². The lowest BCUT2D eigenvalue weighted by Crippen LogP contribution is -2.17. The van der Waals surface area contributed by atoms with Gasteiger partial charge in [-0.25, -0.2) is 9.67 Å². The summed E-state index contributed by atoms with van der Waals surface area (Å²) < 4.78 is 7.44. The summed E-state index contributed by atoms with van der Waals surface area (Å²) in [6.45, 7) is 4.21. The molecule has 0 spiro atoms. The minimum absolute atomic E-state index is 0.281. The summed E-state index contributed by atoms with van der Waals surface area (Å²) in [5.74, 6) is 1.26. The fourth-order valence-corrected chi connectivity index (χ4v) is 3.46. The van der Waals surface area contributed by atoms with Crippen molar-refractivity contribution >= 4 is 23.1 Å². The lowest BCUT2D eigenvalue weighted by atomic mass is 10.2. The van der Waals surface area contributed by atoms with Crippen LogP contribution in [0.4, 0.5) is 5.82 Å². The third-order valence-corrected chi connectivity index (χ3v) is 4.92. The smallest absolute Gasteiger partial charge is 0.279 e. The van der Waals surface area contributed by atoms with Gasteiger partial charge in [-0.15, -0.1) is 11.3 Å². The Morgan fingerprint density at radius 3 is 2.74 bits per heavy atom. The first-order valence-corrected chi connectivity index (χ1v) is 9.39. The van der Waals surface area contributed by atoms with Gasteiger partial charge in [-0.05, 0) is 30.9 Å². The van der Waals surface area contributed by atoms with E-state index < -0.39 is 0 Å². The molecule has 0 saturated carbocycles. The summed E-state index contributed by atoms with van der Waals surface area (Å²) in [5.41, 5.74) is 2.22. The Hall–Kier alpha value is -3.19. The first kappa shape index (κ1) is 17.2. The highest BCUT2D eigenvalue weighted by Crippen LogP contribution is 2.26. The van der Waals surface area contributed by atoms with E-state index in [0.717, 1.165) is 16.1 Å². The van der Waals surface area contributed by atoms with Crippen LogP contribution < -0.4 is 5.32 Å². The molecule has 136 valence electrons. The van der Waals surface area contributed by atoms with Crippen molar-refractivity contribution in [3.05, 3.63) is 76.6 Å². The van der Waals surface area contributed by atoms with Gasteiger partial charge in [-0.1, -0.05) is 36.4 Å². The molecule has 3 aromatic heterocycles. The number of aromatic nitrogens is 3. The minimum Gasteiger partial charge on any atom is -0.440 e. The largest absolute Gasteiger partial charge is 0.440 e. The van der Waals surface area contributed by atoms with Gasteiger partial charge in [0.15, 0.2) is 5.69 Å². The van der Waals surface area contributed by atoms with E-state index in [2.05, 4.69) is 15.4 Å². The number of hydrogen-bond acceptors (Lipinski definition) is 5. The monoisotopic (exact) mass is 378 g/mol. The van der Waals surface area contributed by atoms with Gasteiger partial charge >= 0.3 is 0 Å². The first-order valence-electron chi connectivity index (χ1n) is 8.51. The van der Waals surface area contributed by atoms with E-state index in [4.69, 9.17) is 4.42 Å². The maximum absolute atomic E-state index is 12.8. The van der Waals surface area contributed by atoms with Crippen LogP contribution in [0.1, 0.15) is 27.5 Å². The van der Waals surface area contributed by atoms with E-state index in [-0.39, 0.29) is 11.6 Å². The van der Waals surface area contributed by atoms with Crippen LogP contribution in [0.2, 0.25) is 0 Å². The molecule has 1 amide bonds. The summed E-state index contributed by atoms with van der Waals surface area (Å²) in [6, 6.07) is 15.7. The van der Waals surface area contributed by atoms with Crippen LogP contribution in [0.25, 0.3) is 10.8 Å². The van der Waals surface area contributed by atoms with Crippen LogP contribution >= 0.6 is 11.3 Å². The number of carbonyl (C=O) groups is 1. The normalized spacial score (nSPS) is 10.9. The second-order valence-corrected chi connectivity index (χ2v) is 7.12. The molecule has 1 N–H and O–H groups in total. The van der Waals surface area contributed by atoms with Crippen LogP contribution in [0.5, 0.6) is 0 Å². The van der Waals surface area contributed by atoms with Gasteiger partial charge in [0.25, 0.3) is 5.91 Å². The summed E-state index contributed by atoms with van der Waals surface area (Å²) in [5, 5.41) is 9.33. The Morgan fingerprint density at radius 1 is 1.19 bits per heavy atom. The molecule has 3 heterocycles. The van der Waals surface area contributed by atoms with Crippen molar-refractivity contribution in [2.45, 2.75) is 20.4 Å². The van der Waals surface area contributed by atoms with Crippen LogP contribution in [0, 0.1) is 13.8 Å². The molecule has 6 nitrogen and oxygen atoms in total. The Balaban J connectivity index is 1.57. The molecule has 0 aliphatic carbocycles. The number of nitrogens with zero attached hydrogens (tertiary/aromatic N) is 3. The third kappa shape index (κ3) is 3.68. The molecule has 4 aromatic rings. The number of anilines is 1. The maximum Gasteiger partial charge on any atom is 0.279 e. The predicted octanol–water partition coefficient (Wildman–Crippen LogP) is 4.52. The average molecular weight is 378 g/mol. The number of amides is 1. The van der Waals surface area contributed by atoms with E-state index in [1.807, 2.05) is 60.8 Å². The van der Waals surface area contributed by atoms with Gasteiger partial charge in [-0.2, -0.15) is 5.10 Å². The molecule has 0 fully saturated rings. The quantitative estimate of drug-likeness (QED) is 0.554. The van der Waals surface area contributed by atoms with E-state index >= 15 is 0 Å². The highest BCUT2D eigenvalue weighted by molar-refractivity contribution is 7.13. The number of benzene rings is 1. The first-order chi connectivity index (χ1) is 13.1. The maximum atomic E-state index is 12.8. The van der Waals surface area contributed by atoms with Crippen LogP contribution in [0.15, 0.2) is 58.3 Å². The molecular formula is C20H18N4O2S. The fraction of sp³-hybridized carbons (Fsp3) is 0.150. The summed E-state index contributed by atoms with van der Waals surface area (Å²) in [4.78, 5) is 18.0. The van der Waals surface area contributed by atoms with Gasteiger partial charge in [0.05, 0.1) is 17.1 Å². The van der Waals surface area contributed by atoms with Gasteiger partial charge in [-0.3, -0.25) is 4.79 Å². The standard InChI is InChI=1S/C20H18N4O2S/c1-13-11-17(24(23-13)12-15-7-4-3-5-8-15)21-19(25)18-14(2)26-20(22-18)16-9-6-10-27-16/h3-11H,12H2,1-2H3,(H,21,25). The van der Waals surface area contributed by atoms with E-state index in [1.54, 1.807) is 11.6 Å². The molecule has 0 bridgehead atoms. The summed E-state index contributed by atoms with van der Waals surface area (Å²) in [7, 11) is 0. The van der Waals surface area contributed by atoms with Crippen molar-refractivity contribution in [1.29, 1.82) is 0 Å². The summed E-state index contributed by atoms with van der Waals surface area (Å²) in [6.07, 6.45) is 0. The number of nitrogens with one attached hydrogen (secondary N) is 1. The third-order valence-electron chi connectivity index (χ3n) is 4.06. The van der Waals surface area contributed by atoms with Crippen molar-refractivity contribution in [3.8, 4) is 10.8 Å². The zero-order chi connectivity index (χ0) is 18.8. The number of oxazole rings is 1. The number of carbonyl (C=O) groups excluding carboxylic acids is 1. The zero-order valence-corrected chi connectivity index (χ0v) is 15.8. The van der Waals surface area contributed by atoms with Crippen molar-refractivity contribution < 1.29 is 9.21 Å². The molecule has 0 aliphatic rings. The van der Waals surface area contributed by atoms with Crippen molar-refractivity contribution in [2.75, 3.05) is 5.32 Å². The SMILES string of the molecule is Cc1cc(NC(=O)c2nc(-c3cccs3)oc2C)n(Cc2ccccc2)n1. The number of aryl methyl sites for hydroxylation is 2. The van der Waals surface area contributed by atoms with Gasteiger partial charge in [0, 0.05) is 6.07 Å². The van der Waals surface area contributed by atoms with Gasteiger partial charge < -0.3 is 9.73 Å². The molecular weight excluding hydrogens is 360 g/mol. The molecule has 0 unspecified atom stereocenters. The minimum atomic E-state index is -0.312. The molecule has 0 aliphatic heterocycles. The Morgan fingerprint density at radius 2 is 2.00 bits per heavy atom. The molecule has 7 heteroatoms. The van der Waals surface area contributed by atoms with E-state index in [9.17, 15) is 4.79 Å². The predicted molar refractivity (Wildman–Crippen MR) is 105 cm³/mol. The van der Waals surface area contributed by atoms with Crippen LogP contribution in [-0.4, -0.2) is 20.7 Å². The highest BCUT2D eigenvalue weighted by Gasteiger charge is 2.20. The molecule has 1 aromatic carbocycles. The Kier molecular flexibility index (Phi) is 4.60. The van der Waals surface area contributed by atoms with E-state index in [1.165, 1.54) is 11.3 Å². The zero-order valence-electron chi connectivity index (χ0n) is 15.0. The Bertz CT molecular complexity index is 1070. The van der Waals surface area contributed by atoms with Crippen molar-refractivity contribution in [1.82, 2.24) is 14.8 Å². The molecule has 27 heavy (non-hydrogen) atoms. The lowest BCUT2D eigenvalue weighted by molar-refractivity contribution is 0.102. The van der Waals surface area contributed by atoms with Crippen molar-refractivity contribution in [2.24, 2.45) is 0 Å². The fourth-order valence-electron chi connectivity index (χ4n) is 2.81. The van der Waals surface area contributed by atoms with E-state index in [0.29, 0.717) is 24.0 Å².